The lowest BCUT2D eigenvalue weighted by atomic mass is 9.86. The molecule has 25 heavy (non-hydrogen) atoms. The number of nitrogens with zero attached hydrogens (tertiary/aromatic N) is 1. The van der Waals surface area contributed by atoms with Crippen LogP contribution < -0.4 is 5.32 Å². The Labute approximate surface area is 147 Å². The summed E-state index contributed by atoms with van der Waals surface area (Å²) < 4.78 is 0. The number of phenolic OH excluding ortho intramolecular Hbond substituents is 1. The number of aromatic hydroxyl groups is 1. The molecule has 2 aliphatic carbocycles. The minimum Gasteiger partial charge on any atom is -0.508 e. The van der Waals surface area contributed by atoms with Crippen molar-refractivity contribution in [2.24, 2.45) is 11.8 Å². The van der Waals surface area contributed by atoms with Gasteiger partial charge in [0.05, 0.1) is 5.92 Å². The van der Waals surface area contributed by atoms with E-state index < -0.39 is 5.97 Å². The fourth-order valence-electron chi connectivity index (χ4n) is 3.40. The number of hydrogen-bond donors (Lipinski definition) is 3. The number of carbonyl (C=O) groups excluding carboxylic acids is 1. The van der Waals surface area contributed by atoms with Gasteiger partial charge >= 0.3 is 12.0 Å². The second-order valence-corrected chi connectivity index (χ2v) is 7.33. The highest BCUT2D eigenvalue weighted by Gasteiger charge is 2.30. The summed E-state index contributed by atoms with van der Waals surface area (Å²) in [6.07, 6.45) is 5.03. The zero-order chi connectivity index (χ0) is 17.8. The Bertz CT molecular complexity index is 604. The number of hydrogen-bond acceptors (Lipinski definition) is 3. The van der Waals surface area contributed by atoms with Gasteiger partial charge in [-0.05, 0) is 62.1 Å². The van der Waals surface area contributed by atoms with Gasteiger partial charge in [-0.25, -0.2) is 4.79 Å². The van der Waals surface area contributed by atoms with Gasteiger partial charge < -0.3 is 20.4 Å². The van der Waals surface area contributed by atoms with Crippen LogP contribution in [0.25, 0.3) is 0 Å². The van der Waals surface area contributed by atoms with E-state index in [0.717, 1.165) is 24.9 Å². The van der Waals surface area contributed by atoms with Crippen LogP contribution in [0.2, 0.25) is 0 Å². The molecule has 6 nitrogen and oxygen atoms in total. The molecule has 2 fully saturated rings. The van der Waals surface area contributed by atoms with Crippen molar-refractivity contribution in [3.05, 3.63) is 29.8 Å². The molecule has 1 aromatic rings. The molecular weight excluding hydrogens is 320 g/mol. The molecule has 0 unspecified atom stereocenters. The van der Waals surface area contributed by atoms with E-state index >= 15 is 0 Å². The topological polar surface area (TPSA) is 89.9 Å². The molecule has 136 valence electrons. The van der Waals surface area contributed by atoms with Gasteiger partial charge in [0.1, 0.15) is 5.75 Å². The Morgan fingerprint density at radius 3 is 2.24 bits per heavy atom. The lowest BCUT2D eigenvalue weighted by Crippen LogP contribution is -2.46. The molecule has 0 aromatic heterocycles. The normalized spacial score (nSPS) is 23.0. The van der Waals surface area contributed by atoms with Crippen LogP contribution in [0, 0.1) is 11.8 Å². The molecular formula is C19H26N2O4. The van der Waals surface area contributed by atoms with Crippen molar-refractivity contribution >= 4 is 12.0 Å². The zero-order valence-electron chi connectivity index (χ0n) is 14.4. The van der Waals surface area contributed by atoms with Gasteiger partial charge in [-0.15, -0.1) is 0 Å². The Kier molecular flexibility index (Phi) is 5.46. The number of urea groups is 1. The summed E-state index contributed by atoms with van der Waals surface area (Å²) in [5.41, 5.74) is 0.989. The molecule has 2 amide bonds. The van der Waals surface area contributed by atoms with Crippen LogP contribution in [0.5, 0.6) is 5.75 Å². The molecule has 0 saturated heterocycles. The van der Waals surface area contributed by atoms with E-state index in [1.807, 2.05) is 17.0 Å². The third kappa shape index (κ3) is 5.11. The molecule has 0 spiro atoms. The van der Waals surface area contributed by atoms with Crippen LogP contribution in [0.1, 0.15) is 44.1 Å². The molecule has 0 atom stereocenters. The van der Waals surface area contributed by atoms with Gasteiger partial charge in [-0.2, -0.15) is 0 Å². The highest BCUT2D eigenvalue weighted by molar-refractivity contribution is 5.75. The summed E-state index contributed by atoms with van der Waals surface area (Å²) >= 11 is 0. The van der Waals surface area contributed by atoms with Gasteiger partial charge in [0.2, 0.25) is 0 Å². The second kappa shape index (κ2) is 7.76. The van der Waals surface area contributed by atoms with Gasteiger partial charge in [-0.3, -0.25) is 4.79 Å². The van der Waals surface area contributed by atoms with Crippen molar-refractivity contribution in [1.82, 2.24) is 10.2 Å². The monoisotopic (exact) mass is 346 g/mol. The average Bonchev–Trinajstić information content (AvgIpc) is 3.41. The number of benzene rings is 1. The molecule has 0 bridgehead atoms. The Morgan fingerprint density at radius 1 is 1.04 bits per heavy atom. The molecule has 3 rings (SSSR count). The van der Waals surface area contributed by atoms with Crippen LogP contribution >= 0.6 is 0 Å². The van der Waals surface area contributed by atoms with Crippen LogP contribution in [-0.2, 0) is 11.3 Å². The molecule has 3 N–H and O–H groups in total. The molecule has 0 heterocycles. The van der Waals surface area contributed by atoms with Gasteiger partial charge in [0, 0.05) is 19.1 Å². The highest BCUT2D eigenvalue weighted by atomic mass is 16.4. The number of nitrogens with one attached hydrogen (secondary N) is 1. The maximum absolute atomic E-state index is 12.7. The standard InChI is InChI=1S/C19H26N2O4/c22-17-9-3-14(4-10-17)12-21(11-13-1-2-13)19(25)20-16-7-5-15(6-8-16)18(23)24/h3-4,9-10,13,15-16,22H,1-2,5-8,11-12H2,(H,20,25)(H,23,24). The largest absolute Gasteiger partial charge is 0.508 e. The van der Waals surface area contributed by atoms with Crippen LogP contribution in [0.4, 0.5) is 4.79 Å². The van der Waals surface area contributed by atoms with Crippen molar-refractivity contribution in [3.8, 4) is 5.75 Å². The van der Waals surface area contributed by atoms with Gasteiger partial charge in [0.25, 0.3) is 0 Å². The molecule has 0 aliphatic heterocycles. The fourth-order valence-corrected chi connectivity index (χ4v) is 3.40. The van der Waals surface area contributed by atoms with Crippen LogP contribution in [-0.4, -0.2) is 39.7 Å². The van der Waals surface area contributed by atoms with E-state index in [1.54, 1.807) is 12.1 Å². The average molecular weight is 346 g/mol. The number of carboxylic acids is 1. The fraction of sp³-hybridized carbons (Fsp3) is 0.579. The Morgan fingerprint density at radius 2 is 1.68 bits per heavy atom. The molecule has 2 saturated carbocycles. The summed E-state index contributed by atoms with van der Waals surface area (Å²) in [7, 11) is 0. The van der Waals surface area contributed by atoms with E-state index in [-0.39, 0.29) is 23.7 Å². The number of rotatable bonds is 6. The minimum absolute atomic E-state index is 0.0598. The zero-order valence-corrected chi connectivity index (χ0v) is 14.4. The summed E-state index contributed by atoms with van der Waals surface area (Å²) in [5, 5.41) is 21.6. The molecule has 1 aromatic carbocycles. The van der Waals surface area contributed by atoms with Crippen molar-refractivity contribution in [2.75, 3.05) is 6.54 Å². The Hall–Kier alpha value is -2.24. The van der Waals surface area contributed by atoms with Crippen molar-refractivity contribution in [2.45, 2.75) is 51.1 Å². The van der Waals surface area contributed by atoms with E-state index in [0.29, 0.717) is 25.3 Å². The molecule has 2 aliphatic rings. The predicted molar refractivity (Wildman–Crippen MR) is 93.2 cm³/mol. The second-order valence-electron chi connectivity index (χ2n) is 7.33. The first-order valence-corrected chi connectivity index (χ1v) is 9.07. The number of phenols is 1. The number of aliphatic carboxylic acids is 1. The SMILES string of the molecule is O=C(O)C1CCC(NC(=O)N(Cc2ccc(O)cc2)CC2CC2)CC1. The van der Waals surface area contributed by atoms with E-state index in [4.69, 9.17) is 5.11 Å². The third-order valence-electron chi connectivity index (χ3n) is 5.18. The predicted octanol–water partition coefficient (Wildman–Crippen LogP) is 2.96. The first-order valence-electron chi connectivity index (χ1n) is 9.07. The van der Waals surface area contributed by atoms with Crippen LogP contribution in [0.3, 0.4) is 0 Å². The molecule has 0 radical (unpaired) electrons. The van der Waals surface area contributed by atoms with E-state index in [9.17, 15) is 14.7 Å². The van der Waals surface area contributed by atoms with E-state index in [1.165, 1.54) is 12.8 Å². The number of amides is 2. The van der Waals surface area contributed by atoms with Crippen molar-refractivity contribution in [1.29, 1.82) is 0 Å². The summed E-state index contributed by atoms with van der Waals surface area (Å²) in [5.74, 6) is -0.192. The number of carbonyl (C=O) groups is 2. The lowest BCUT2D eigenvalue weighted by molar-refractivity contribution is -0.142. The summed E-state index contributed by atoms with van der Waals surface area (Å²) in [4.78, 5) is 25.6. The third-order valence-corrected chi connectivity index (χ3v) is 5.18. The summed E-state index contributed by atoms with van der Waals surface area (Å²) in [6, 6.07) is 6.93. The Balaban J connectivity index is 1.55. The van der Waals surface area contributed by atoms with Crippen LogP contribution in [0.15, 0.2) is 24.3 Å². The highest BCUT2D eigenvalue weighted by Crippen LogP contribution is 2.30. The minimum atomic E-state index is -0.729. The quantitative estimate of drug-likeness (QED) is 0.739. The number of carboxylic acid groups (broad SMARTS) is 1. The maximum atomic E-state index is 12.7. The van der Waals surface area contributed by atoms with Gasteiger partial charge in [-0.1, -0.05) is 12.1 Å². The lowest BCUT2D eigenvalue weighted by Gasteiger charge is -2.30. The first kappa shape index (κ1) is 17.6. The van der Waals surface area contributed by atoms with E-state index in [2.05, 4.69) is 5.32 Å². The van der Waals surface area contributed by atoms with Crippen molar-refractivity contribution in [3.63, 3.8) is 0 Å². The molecule has 6 heteroatoms. The van der Waals surface area contributed by atoms with Crippen molar-refractivity contribution < 1.29 is 19.8 Å². The smallest absolute Gasteiger partial charge is 0.317 e. The summed E-state index contributed by atoms with van der Waals surface area (Å²) in [6.45, 7) is 1.27. The van der Waals surface area contributed by atoms with Gasteiger partial charge in [0.15, 0.2) is 0 Å². The maximum Gasteiger partial charge on any atom is 0.317 e. The first-order chi connectivity index (χ1) is 12.0.